The molecule has 0 unspecified atom stereocenters. The van der Waals surface area contributed by atoms with Crippen LogP contribution in [0, 0.1) is 0 Å². The normalized spacial score (nSPS) is 23.2. The molecule has 2 saturated heterocycles. The van der Waals surface area contributed by atoms with Crippen molar-refractivity contribution in [3.05, 3.63) is 82.8 Å². The number of aldehydes is 1. The van der Waals surface area contributed by atoms with Gasteiger partial charge in [0.05, 0.1) is 17.1 Å². The highest BCUT2D eigenvalue weighted by molar-refractivity contribution is 6.31. The molecule has 0 saturated carbocycles. The first-order valence-electron chi connectivity index (χ1n) is 12.7. The summed E-state index contributed by atoms with van der Waals surface area (Å²) in [6.45, 7) is 3.93. The van der Waals surface area contributed by atoms with Crippen molar-refractivity contribution in [2.45, 2.75) is 50.7 Å². The Morgan fingerprint density at radius 2 is 1.85 bits per heavy atom. The lowest BCUT2D eigenvalue weighted by Crippen LogP contribution is -2.33. The first-order chi connectivity index (χ1) is 19.3. The van der Waals surface area contributed by atoms with Crippen LogP contribution >= 0.6 is 11.6 Å². The molecule has 2 aliphatic heterocycles. The molecule has 40 heavy (non-hydrogen) atoms. The van der Waals surface area contributed by atoms with E-state index in [1.165, 1.54) is 0 Å². The predicted molar refractivity (Wildman–Crippen MR) is 144 cm³/mol. The molecule has 0 spiro atoms. The molecular formula is C28H26ClN5O6. The molecule has 2 aromatic heterocycles. The third-order valence-corrected chi connectivity index (χ3v) is 7.10. The Morgan fingerprint density at radius 1 is 1.10 bits per heavy atom. The molecule has 206 valence electrons. The molecule has 0 aliphatic carbocycles. The van der Waals surface area contributed by atoms with Crippen LogP contribution in [-0.2, 0) is 25.5 Å². The minimum Gasteiger partial charge on any atom is -0.459 e. The molecule has 0 bridgehead atoms. The van der Waals surface area contributed by atoms with Gasteiger partial charge >= 0.3 is 5.97 Å². The fourth-order valence-corrected chi connectivity index (χ4v) is 5.15. The topological polar surface area (TPSA) is 127 Å². The number of anilines is 1. The minimum absolute atomic E-state index is 0.0253. The Kier molecular flexibility index (Phi) is 6.97. The Labute approximate surface area is 234 Å². The van der Waals surface area contributed by atoms with Crippen LogP contribution in [0.15, 0.2) is 60.8 Å². The lowest BCUT2D eigenvalue weighted by molar-refractivity contribution is -0.201. The van der Waals surface area contributed by atoms with E-state index in [1.807, 2.05) is 24.3 Å². The number of nitrogens with zero attached hydrogens (tertiary/aromatic N) is 4. The van der Waals surface area contributed by atoms with Crippen molar-refractivity contribution in [3.63, 3.8) is 0 Å². The lowest BCUT2D eigenvalue weighted by atomic mass is 10.1. The number of fused-ring (bicyclic) bond motifs is 2. The summed E-state index contributed by atoms with van der Waals surface area (Å²) in [7, 11) is 0. The van der Waals surface area contributed by atoms with Gasteiger partial charge in [0.2, 0.25) is 0 Å². The molecule has 4 atom stereocenters. The van der Waals surface area contributed by atoms with Crippen LogP contribution in [0.1, 0.15) is 46.6 Å². The molecule has 4 aromatic rings. The van der Waals surface area contributed by atoms with Gasteiger partial charge in [0.1, 0.15) is 30.7 Å². The molecule has 1 N–H and O–H groups in total. The van der Waals surface area contributed by atoms with Gasteiger partial charge in [-0.25, -0.2) is 19.4 Å². The Bertz CT molecular complexity index is 1560. The number of ether oxygens (including phenoxy) is 4. The van der Waals surface area contributed by atoms with Crippen LogP contribution in [-0.4, -0.2) is 62.7 Å². The summed E-state index contributed by atoms with van der Waals surface area (Å²) in [5, 5.41) is 8.96. The molecule has 11 nitrogen and oxygen atoms in total. The van der Waals surface area contributed by atoms with Gasteiger partial charge in [-0.05, 0) is 37.6 Å². The smallest absolute Gasteiger partial charge is 0.338 e. The Balaban J connectivity index is 1.28. The maximum absolute atomic E-state index is 12.6. The van der Waals surface area contributed by atoms with E-state index in [2.05, 4.69) is 20.4 Å². The summed E-state index contributed by atoms with van der Waals surface area (Å²) in [4.78, 5) is 33.1. The largest absolute Gasteiger partial charge is 0.459 e. The van der Waals surface area contributed by atoms with E-state index in [-0.39, 0.29) is 12.4 Å². The summed E-state index contributed by atoms with van der Waals surface area (Å²) in [5.41, 5.74) is 1.67. The van der Waals surface area contributed by atoms with Crippen LogP contribution in [0.25, 0.3) is 11.0 Å². The van der Waals surface area contributed by atoms with Gasteiger partial charge in [-0.15, -0.1) is 0 Å². The number of hydrogen-bond donors (Lipinski definition) is 1. The van der Waals surface area contributed by atoms with Crippen LogP contribution in [0.5, 0.6) is 0 Å². The van der Waals surface area contributed by atoms with Crippen molar-refractivity contribution in [2.75, 3.05) is 11.9 Å². The highest BCUT2D eigenvalue weighted by atomic mass is 35.5. The van der Waals surface area contributed by atoms with Crippen molar-refractivity contribution < 1.29 is 28.5 Å². The zero-order valence-electron chi connectivity index (χ0n) is 21.7. The molecule has 2 aliphatic rings. The summed E-state index contributed by atoms with van der Waals surface area (Å²) in [5.74, 6) is -0.968. The maximum Gasteiger partial charge on any atom is 0.338 e. The lowest BCUT2D eigenvalue weighted by Gasteiger charge is -2.24. The fraction of sp³-hybridized carbons (Fsp3) is 0.321. The zero-order valence-corrected chi connectivity index (χ0v) is 22.4. The zero-order chi connectivity index (χ0) is 27.9. The average molecular weight is 564 g/mol. The number of aromatic nitrogens is 4. The first kappa shape index (κ1) is 26.3. The van der Waals surface area contributed by atoms with Gasteiger partial charge in [0.25, 0.3) is 0 Å². The summed E-state index contributed by atoms with van der Waals surface area (Å²) in [6.07, 6.45) is -0.342. The van der Waals surface area contributed by atoms with Crippen LogP contribution < -0.4 is 5.32 Å². The number of halogens is 1. The number of benzene rings is 2. The second-order valence-electron chi connectivity index (χ2n) is 9.91. The SMILES string of the molecule is CC1(C)O[C@@H]2[C@H](O1)[C@@H](COC(=O)c1ccccc1)O[C@H]2n1ncc2c(NCc3ccccc3Cl)nc(C=O)nc21. The Hall–Kier alpha value is -3.90. The van der Waals surface area contributed by atoms with E-state index in [1.54, 1.807) is 55.1 Å². The number of nitrogens with one attached hydrogen (secondary N) is 1. The van der Waals surface area contributed by atoms with E-state index in [0.717, 1.165) is 5.56 Å². The standard InChI is InChI=1S/C28H26ClN5O6/c1-28(2)39-22-20(15-37-27(36)16-8-4-3-5-9-16)38-26(23(22)40-28)34-25-18(13-31-34)24(32-21(14-35)33-25)30-12-17-10-6-7-11-19(17)29/h3-11,13-14,20,22-23,26H,12,15H2,1-2H3,(H,30,32,33)/t20-,22-,23-,26-/m1/s1. The van der Waals surface area contributed by atoms with Crippen LogP contribution in [0.2, 0.25) is 5.02 Å². The third kappa shape index (κ3) is 5.04. The van der Waals surface area contributed by atoms with E-state index in [9.17, 15) is 9.59 Å². The third-order valence-electron chi connectivity index (χ3n) is 6.74. The summed E-state index contributed by atoms with van der Waals surface area (Å²) in [6, 6.07) is 16.2. The van der Waals surface area contributed by atoms with Crippen molar-refractivity contribution in [1.82, 2.24) is 19.7 Å². The van der Waals surface area contributed by atoms with Crippen molar-refractivity contribution in [3.8, 4) is 0 Å². The van der Waals surface area contributed by atoms with Crippen LogP contribution in [0.3, 0.4) is 0 Å². The first-order valence-corrected chi connectivity index (χ1v) is 13.1. The maximum atomic E-state index is 12.6. The molecular weight excluding hydrogens is 538 g/mol. The summed E-state index contributed by atoms with van der Waals surface area (Å²) < 4.78 is 25.7. The average Bonchev–Trinajstić information content (AvgIpc) is 3.62. The van der Waals surface area contributed by atoms with Gasteiger partial charge in [0, 0.05) is 11.6 Å². The number of rotatable bonds is 8. The van der Waals surface area contributed by atoms with Gasteiger partial charge in [-0.2, -0.15) is 5.10 Å². The molecule has 0 radical (unpaired) electrons. The molecule has 2 fully saturated rings. The quantitative estimate of drug-likeness (QED) is 0.246. The number of carbonyl (C=O) groups is 2. The van der Waals surface area contributed by atoms with E-state index in [4.69, 9.17) is 30.5 Å². The predicted octanol–water partition coefficient (Wildman–Crippen LogP) is 4.18. The van der Waals surface area contributed by atoms with Gasteiger partial charge < -0.3 is 24.3 Å². The highest BCUT2D eigenvalue weighted by Crippen LogP contribution is 2.44. The van der Waals surface area contributed by atoms with E-state index in [0.29, 0.717) is 40.3 Å². The summed E-state index contributed by atoms with van der Waals surface area (Å²) >= 11 is 6.31. The monoisotopic (exact) mass is 563 g/mol. The van der Waals surface area contributed by atoms with E-state index >= 15 is 0 Å². The van der Waals surface area contributed by atoms with E-state index < -0.39 is 36.3 Å². The molecule has 6 rings (SSSR count). The fourth-order valence-electron chi connectivity index (χ4n) is 4.94. The second-order valence-corrected chi connectivity index (χ2v) is 10.3. The minimum atomic E-state index is -0.896. The molecule has 12 heteroatoms. The number of hydrogen-bond acceptors (Lipinski definition) is 10. The van der Waals surface area contributed by atoms with Gasteiger partial charge in [0.15, 0.2) is 29.8 Å². The Morgan fingerprint density at radius 3 is 2.62 bits per heavy atom. The molecule has 0 amide bonds. The molecule has 2 aromatic carbocycles. The van der Waals surface area contributed by atoms with Gasteiger partial charge in [-0.1, -0.05) is 48.0 Å². The highest BCUT2D eigenvalue weighted by Gasteiger charge is 2.56. The van der Waals surface area contributed by atoms with Crippen molar-refractivity contribution in [2.24, 2.45) is 0 Å². The van der Waals surface area contributed by atoms with Crippen molar-refractivity contribution >= 4 is 40.7 Å². The van der Waals surface area contributed by atoms with Crippen LogP contribution in [0.4, 0.5) is 5.82 Å². The number of esters is 1. The van der Waals surface area contributed by atoms with Crippen molar-refractivity contribution in [1.29, 1.82) is 0 Å². The second kappa shape index (κ2) is 10.6. The van der Waals surface area contributed by atoms with Gasteiger partial charge in [-0.3, -0.25) is 4.79 Å². The molecule has 4 heterocycles. The number of carbonyl (C=O) groups excluding carboxylic acids is 2.